The first-order valence-electron chi connectivity index (χ1n) is 8.09. The number of halogens is 1. The first-order valence-corrected chi connectivity index (χ1v) is 8.47. The Bertz CT molecular complexity index is 993. The fraction of sp³-hybridized carbons (Fsp3) is 0.100. The minimum atomic E-state index is -0.196. The van der Waals surface area contributed by atoms with Crippen molar-refractivity contribution in [3.05, 3.63) is 83.4 Å². The Kier molecular flexibility index (Phi) is 4.22. The molecule has 124 valence electrons. The van der Waals surface area contributed by atoms with Crippen molar-refractivity contribution in [1.29, 1.82) is 0 Å². The zero-order valence-electron chi connectivity index (χ0n) is 13.5. The number of pyridine rings is 1. The van der Waals surface area contributed by atoms with E-state index >= 15 is 0 Å². The van der Waals surface area contributed by atoms with Crippen LogP contribution < -0.4 is 5.73 Å². The van der Waals surface area contributed by atoms with Crippen LogP contribution >= 0.6 is 11.6 Å². The molecule has 4 rings (SSSR count). The van der Waals surface area contributed by atoms with Crippen LogP contribution in [-0.2, 0) is 6.42 Å². The minimum absolute atomic E-state index is 0.196. The van der Waals surface area contributed by atoms with Gasteiger partial charge in [0.1, 0.15) is 5.82 Å². The van der Waals surface area contributed by atoms with Crippen molar-refractivity contribution >= 4 is 22.6 Å². The zero-order chi connectivity index (χ0) is 17.2. The van der Waals surface area contributed by atoms with Crippen LogP contribution in [0.1, 0.15) is 17.4 Å². The largest absolute Gasteiger partial charge is 0.341 e. The van der Waals surface area contributed by atoms with E-state index in [4.69, 9.17) is 22.3 Å². The molecule has 0 fully saturated rings. The first-order chi connectivity index (χ1) is 12.2. The number of nitrogens with one attached hydrogen (secondary N) is 1. The van der Waals surface area contributed by atoms with E-state index < -0.39 is 0 Å². The van der Waals surface area contributed by atoms with Crippen molar-refractivity contribution in [2.24, 2.45) is 5.73 Å². The molecule has 1 atom stereocenters. The molecule has 0 aliphatic heterocycles. The monoisotopic (exact) mass is 348 g/mol. The van der Waals surface area contributed by atoms with Gasteiger partial charge in [-0.15, -0.1) is 0 Å². The van der Waals surface area contributed by atoms with Crippen molar-refractivity contribution in [3.8, 4) is 11.1 Å². The van der Waals surface area contributed by atoms with Gasteiger partial charge in [-0.05, 0) is 59.5 Å². The second-order valence-corrected chi connectivity index (χ2v) is 6.46. The van der Waals surface area contributed by atoms with Gasteiger partial charge in [0, 0.05) is 17.4 Å². The van der Waals surface area contributed by atoms with Crippen LogP contribution in [0.5, 0.6) is 0 Å². The summed E-state index contributed by atoms with van der Waals surface area (Å²) < 4.78 is 0. The van der Waals surface area contributed by atoms with Crippen LogP contribution in [0.3, 0.4) is 0 Å². The van der Waals surface area contributed by atoms with Gasteiger partial charge in [0.05, 0.1) is 17.1 Å². The van der Waals surface area contributed by atoms with Gasteiger partial charge in [-0.2, -0.15) is 0 Å². The molecule has 2 heterocycles. The van der Waals surface area contributed by atoms with Crippen molar-refractivity contribution < 1.29 is 0 Å². The molecular weight excluding hydrogens is 332 g/mol. The number of aromatic nitrogens is 3. The zero-order valence-corrected chi connectivity index (χ0v) is 14.2. The molecule has 2 aromatic carbocycles. The number of nitrogens with zero attached hydrogens (tertiary/aromatic N) is 2. The lowest BCUT2D eigenvalue weighted by atomic mass is 10.1. The van der Waals surface area contributed by atoms with Gasteiger partial charge in [-0.1, -0.05) is 29.8 Å². The quantitative estimate of drug-likeness (QED) is 0.569. The van der Waals surface area contributed by atoms with Gasteiger partial charge in [-0.3, -0.25) is 4.98 Å². The molecule has 0 amide bonds. The van der Waals surface area contributed by atoms with Crippen LogP contribution in [0.4, 0.5) is 0 Å². The Morgan fingerprint density at radius 2 is 1.72 bits per heavy atom. The number of nitrogens with two attached hydrogens (primary N) is 1. The standard InChI is InChI=1S/C20H17ClN4/c21-16-4-1-13(2-5-16)11-17(22)20-24-18-6-3-15(12-19(18)25-20)14-7-9-23-10-8-14/h1-10,12,17H,11,22H2,(H,24,25). The maximum Gasteiger partial charge on any atom is 0.124 e. The number of aromatic amines is 1. The molecule has 0 aliphatic rings. The molecule has 25 heavy (non-hydrogen) atoms. The summed E-state index contributed by atoms with van der Waals surface area (Å²) >= 11 is 5.93. The number of H-pyrrole nitrogens is 1. The molecule has 0 saturated carbocycles. The second kappa shape index (κ2) is 6.67. The van der Waals surface area contributed by atoms with Gasteiger partial charge >= 0.3 is 0 Å². The molecule has 0 saturated heterocycles. The number of benzene rings is 2. The highest BCUT2D eigenvalue weighted by Crippen LogP contribution is 2.24. The predicted octanol–water partition coefficient (Wildman–Crippen LogP) is 4.52. The maximum atomic E-state index is 6.34. The lowest BCUT2D eigenvalue weighted by Gasteiger charge is -2.08. The van der Waals surface area contributed by atoms with E-state index in [0.717, 1.165) is 38.6 Å². The Morgan fingerprint density at radius 1 is 0.960 bits per heavy atom. The first kappa shape index (κ1) is 15.8. The lowest BCUT2D eigenvalue weighted by molar-refractivity contribution is 0.680. The Morgan fingerprint density at radius 3 is 2.48 bits per heavy atom. The summed E-state index contributed by atoms with van der Waals surface area (Å²) in [7, 11) is 0. The Balaban J connectivity index is 1.61. The van der Waals surface area contributed by atoms with Crippen LogP contribution in [-0.4, -0.2) is 15.0 Å². The molecule has 0 aliphatic carbocycles. The van der Waals surface area contributed by atoms with E-state index in [-0.39, 0.29) is 6.04 Å². The van der Waals surface area contributed by atoms with Crippen LogP contribution in [0.2, 0.25) is 5.02 Å². The molecule has 2 aromatic heterocycles. The molecule has 4 nitrogen and oxygen atoms in total. The van der Waals surface area contributed by atoms with E-state index in [1.807, 2.05) is 42.5 Å². The summed E-state index contributed by atoms with van der Waals surface area (Å²) in [6.07, 6.45) is 4.28. The number of hydrogen-bond donors (Lipinski definition) is 2. The summed E-state index contributed by atoms with van der Waals surface area (Å²) in [6.45, 7) is 0. The van der Waals surface area contributed by atoms with Crippen molar-refractivity contribution in [3.63, 3.8) is 0 Å². The Hall–Kier alpha value is -2.69. The highest BCUT2D eigenvalue weighted by Gasteiger charge is 2.13. The van der Waals surface area contributed by atoms with Crippen molar-refractivity contribution in [1.82, 2.24) is 15.0 Å². The predicted molar refractivity (Wildman–Crippen MR) is 101 cm³/mol. The molecule has 5 heteroatoms. The topological polar surface area (TPSA) is 67.6 Å². The SMILES string of the molecule is NC(Cc1ccc(Cl)cc1)c1nc2cc(-c3ccncc3)ccc2[nH]1. The van der Waals surface area contributed by atoms with E-state index in [9.17, 15) is 0 Å². The van der Waals surface area contributed by atoms with Gasteiger partial charge in [0.2, 0.25) is 0 Å². The van der Waals surface area contributed by atoms with Gasteiger partial charge in [-0.25, -0.2) is 4.98 Å². The van der Waals surface area contributed by atoms with Gasteiger partial charge in [0.25, 0.3) is 0 Å². The average Bonchev–Trinajstić information content (AvgIpc) is 3.08. The molecule has 3 N–H and O–H groups in total. The van der Waals surface area contributed by atoms with Crippen LogP contribution in [0.25, 0.3) is 22.2 Å². The summed E-state index contributed by atoms with van der Waals surface area (Å²) in [5.41, 5.74) is 11.6. The summed E-state index contributed by atoms with van der Waals surface area (Å²) in [5, 5.41) is 0.727. The van der Waals surface area contributed by atoms with Crippen LogP contribution in [0.15, 0.2) is 67.0 Å². The molecule has 0 bridgehead atoms. The number of rotatable bonds is 4. The average molecular weight is 349 g/mol. The number of fused-ring (bicyclic) bond motifs is 1. The summed E-state index contributed by atoms with van der Waals surface area (Å²) in [4.78, 5) is 12.1. The van der Waals surface area contributed by atoms with E-state index in [1.54, 1.807) is 12.4 Å². The fourth-order valence-corrected chi connectivity index (χ4v) is 3.02. The number of imidazole rings is 1. The maximum absolute atomic E-state index is 6.34. The third-order valence-corrected chi connectivity index (χ3v) is 4.49. The van der Waals surface area contributed by atoms with Crippen LogP contribution in [0, 0.1) is 0 Å². The molecule has 0 spiro atoms. The van der Waals surface area contributed by atoms with E-state index in [2.05, 4.69) is 22.1 Å². The third-order valence-electron chi connectivity index (χ3n) is 4.24. The molecule has 1 unspecified atom stereocenters. The summed E-state index contributed by atoms with van der Waals surface area (Å²) in [5.74, 6) is 0.789. The Labute approximate surface area is 150 Å². The highest BCUT2D eigenvalue weighted by molar-refractivity contribution is 6.30. The van der Waals surface area contributed by atoms with Gasteiger partial charge in [0.15, 0.2) is 0 Å². The van der Waals surface area contributed by atoms with Crippen molar-refractivity contribution in [2.75, 3.05) is 0 Å². The molecular formula is C20H17ClN4. The third kappa shape index (κ3) is 3.40. The highest BCUT2D eigenvalue weighted by atomic mass is 35.5. The smallest absolute Gasteiger partial charge is 0.124 e. The number of hydrogen-bond acceptors (Lipinski definition) is 3. The molecule has 0 radical (unpaired) electrons. The normalized spacial score (nSPS) is 12.4. The van der Waals surface area contributed by atoms with E-state index in [0.29, 0.717) is 6.42 Å². The van der Waals surface area contributed by atoms with E-state index in [1.165, 1.54) is 0 Å². The van der Waals surface area contributed by atoms with Crippen molar-refractivity contribution in [2.45, 2.75) is 12.5 Å². The minimum Gasteiger partial charge on any atom is -0.341 e. The second-order valence-electron chi connectivity index (χ2n) is 6.03. The lowest BCUT2D eigenvalue weighted by Crippen LogP contribution is -2.14. The van der Waals surface area contributed by atoms with Gasteiger partial charge < -0.3 is 10.7 Å². The molecule has 4 aromatic rings. The summed E-state index contributed by atoms with van der Waals surface area (Å²) in [6, 6.07) is 17.7. The fourth-order valence-electron chi connectivity index (χ4n) is 2.90.